The van der Waals surface area contributed by atoms with Gasteiger partial charge in [-0.25, -0.2) is 0 Å². The van der Waals surface area contributed by atoms with Crippen LogP contribution in [0.3, 0.4) is 0 Å². The number of hydrogen-bond acceptors (Lipinski definition) is 3. The summed E-state index contributed by atoms with van der Waals surface area (Å²) < 4.78 is 4.78. The van der Waals surface area contributed by atoms with Crippen LogP contribution in [0.4, 0.5) is 0 Å². The van der Waals surface area contributed by atoms with Crippen molar-refractivity contribution < 1.29 is 9.94 Å². The number of ether oxygens (including phenoxy) is 1. The highest BCUT2D eigenvalue weighted by Gasteiger charge is 2.23. The van der Waals surface area contributed by atoms with Gasteiger partial charge in [-0.05, 0) is 0 Å². The van der Waals surface area contributed by atoms with Crippen LogP contribution in [0.15, 0.2) is 5.16 Å². The molecule has 0 aromatic rings. The molecule has 1 saturated heterocycles. The fraction of sp³-hybridized carbons (Fsp3) is 0.750. The Labute approximate surface area is 51.9 Å². The van der Waals surface area contributed by atoms with Gasteiger partial charge in [0, 0.05) is 0 Å². The largest absolute Gasteiger partial charge is 0.410 e. The number of rotatable bonds is 1. The van der Waals surface area contributed by atoms with E-state index >= 15 is 0 Å². The molecule has 0 unspecified atom stereocenters. The molecule has 3 nitrogen and oxygen atoms in total. The number of nitrogens with zero attached hydrogens (tertiary/aromatic N) is 1. The highest BCUT2D eigenvalue weighted by molar-refractivity contribution is 6.65. The predicted molar refractivity (Wildman–Crippen MR) is 29.4 cm³/mol. The summed E-state index contributed by atoms with van der Waals surface area (Å²) in [5, 5.41) is 11.1. The van der Waals surface area contributed by atoms with Gasteiger partial charge in [0.1, 0.15) is 0 Å². The maximum Gasteiger partial charge on any atom is 0.153 e. The molecule has 0 aromatic carbocycles. The van der Waals surface area contributed by atoms with Crippen molar-refractivity contribution in [3.63, 3.8) is 0 Å². The van der Waals surface area contributed by atoms with Gasteiger partial charge in [-0.1, -0.05) is 16.8 Å². The number of hydrogen-bond donors (Lipinski definition) is 1. The van der Waals surface area contributed by atoms with Crippen LogP contribution in [0.25, 0.3) is 0 Å². The van der Waals surface area contributed by atoms with E-state index in [1.165, 1.54) is 0 Å². The van der Waals surface area contributed by atoms with Gasteiger partial charge >= 0.3 is 0 Å². The van der Waals surface area contributed by atoms with Crippen LogP contribution in [0.1, 0.15) is 0 Å². The molecular formula is C4H6ClNO2. The predicted octanol–water partition coefficient (Wildman–Crippen LogP) is 0.659. The first kappa shape index (κ1) is 5.85. The van der Waals surface area contributed by atoms with Gasteiger partial charge in [0.25, 0.3) is 0 Å². The minimum absolute atomic E-state index is 0.140. The molecule has 1 rings (SSSR count). The number of oxime groups is 1. The fourth-order valence-corrected chi connectivity index (χ4v) is 0.581. The van der Waals surface area contributed by atoms with E-state index in [-0.39, 0.29) is 11.1 Å². The lowest BCUT2D eigenvalue weighted by atomic mass is 10.1. The molecule has 0 aromatic heterocycles. The van der Waals surface area contributed by atoms with Crippen molar-refractivity contribution in [2.45, 2.75) is 0 Å². The second-order valence-electron chi connectivity index (χ2n) is 1.66. The SMILES string of the molecule is ON=C(Cl)C1COC1. The summed E-state index contributed by atoms with van der Waals surface area (Å²) >= 11 is 5.39. The third kappa shape index (κ3) is 0.928. The van der Waals surface area contributed by atoms with Crippen molar-refractivity contribution in [2.75, 3.05) is 13.2 Å². The molecule has 0 spiro atoms. The van der Waals surface area contributed by atoms with Crippen molar-refractivity contribution >= 4 is 16.8 Å². The number of halogens is 1. The molecule has 0 aliphatic carbocycles. The zero-order valence-electron chi connectivity index (χ0n) is 4.17. The highest BCUT2D eigenvalue weighted by Crippen LogP contribution is 2.13. The van der Waals surface area contributed by atoms with Crippen molar-refractivity contribution in [3.05, 3.63) is 0 Å². The summed E-state index contributed by atoms with van der Waals surface area (Å²) in [5.41, 5.74) is 0. The van der Waals surface area contributed by atoms with Gasteiger partial charge in [-0.3, -0.25) is 0 Å². The summed E-state index contributed by atoms with van der Waals surface area (Å²) in [5.74, 6) is 0.140. The van der Waals surface area contributed by atoms with Crippen molar-refractivity contribution in [1.29, 1.82) is 0 Å². The monoisotopic (exact) mass is 135 g/mol. The topological polar surface area (TPSA) is 41.8 Å². The van der Waals surface area contributed by atoms with Gasteiger partial charge < -0.3 is 9.94 Å². The van der Waals surface area contributed by atoms with E-state index in [2.05, 4.69) is 5.16 Å². The second-order valence-corrected chi connectivity index (χ2v) is 2.04. The van der Waals surface area contributed by atoms with E-state index in [1.807, 2.05) is 0 Å². The molecular weight excluding hydrogens is 130 g/mol. The molecule has 0 atom stereocenters. The van der Waals surface area contributed by atoms with Gasteiger partial charge in [0.2, 0.25) is 0 Å². The maximum absolute atomic E-state index is 8.07. The molecule has 1 N–H and O–H groups in total. The fourth-order valence-electron chi connectivity index (χ4n) is 0.455. The third-order valence-corrected chi connectivity index (χ3v) is 1.45. The van der Waals surface area contributed by atoms with Gasteiger partial charge in [-0.2, -0.15) is 0 Å². The van der Waals surface area contributed by atoms with Crippen LogP contribution >= 0.6 is 11.6 Å². The molecule has 0 amide bonds. The zero-order valence-corrected chi connectivity index (χ0v) is 4.93. The molecule has 0 radical (unpaired) electrons. The minimum Gasteiger partial charge on any atom is -0.410 e. The second kappa shape index (κ2) is 2.33. The lowest BCUT2D eigenvalue weighted by molar-refractivity contribution is 0.00197. The van der Waals surface area contributed by atoms with Crippen LogP contribution < -0.4 is 0 Å². The molecule has 1 aliphatic heterocycles. The summed E-state index contributed by atoms with van der Waals surface area (Å²) in [6.45, 7) is 1.17. The summed E-state index contributed by atoms with van der Waals surface area (Å²) in [6.07, 6.45) is 0. The molecule has 46 valence electrons. The van der Waals surface area contributed by atoms with Crippen LogP contribution in [0.2, 0.25) is 0 Å². The smallest absolute Gasteiger partial charge is 0.153 e. The highest BCUT2D eigenvalue weighted by atomic mass is 35.5. The van der Waals surface area contributed by atoms with Crippen LogP contribution in [0.5, 0.6) is 0 Å². The van der Waals surface area contributed by atoms with E-state index in [0.29, 0.717) is 13.2 Å². The Morgan fingerprint density at radius 2 is 2.38 bits per heavy atom. The molecule has 1 heterocycles. The third-order valence-electron chi connectivity index (χ3n) is 1.07. The molecule has 1 aliphatic rings. The van der Waals surface area contributed by atoms with Crippen molar-refractivity contribution in [3.8, 4) is 0 Å². The first-order valence-electron chi connectivity index (χ1n) is 2.30. The van der Waals surface area contributed by atoms with Gasteiger partial charge in [0.05, 0.1) is 19.1 Å². The van der Waals surface area contributed by atoms with Gasteiger partial charge in [0.15, 0.2) is 5.17 Å². The normalized spacial score (nSPS) is 22.9. The van der Waals surface area contributed by atoms with E-state index < -0.39 is 0 Å². The Morgan fingerprint density at radius 1 is 1.75 bits per heavy atom. The first-order valence-corrected chi connectivity index (χ1v) is 2.67. The minimum atomic E-state index is 0.140. The van der Waals surface area contributed by atoms with Crippen LogP contribution in [0, 0.1) is 5.92 Å². The van der Waals surface area contributed by atoms with E-state index in [1.54, 1.807) is 0 Å². The van der Waals surface area contributed by atoms with E-state index in [9.17, 15) is 0 Å². The molecule has 0 saturated carbocycles. The lowest BCUT2D eigenvalue weighted by Gasteiger charge is -2.23. The Morgan fingerprint density at radius 3 is 2.50 bits per heavy atom. The molecule has 4 heteroatoms. The standard InChI is InChI=1S/C4H6ClNO2/c5-4(6-7)3-1-8-2-3/h3,7H,1-2H2. The quantitative estimate of drug-likeness (QED) is 0.326. The maximum atomic E-state index is 8.07. The average Bonchev–Trinajstić information content (AvgIpc) is 1.62. The Hall–Kier alpha value is -0.280. The summed E-state index contributed by atoms with van der Waals surface area (Å²) in [4.78, 5) is 0. The van der Waals surface area contributed by atoms with E-state index in [0.717, 1.165) is 0 Å². The lowest BCUT2D eigenvalue weighted by Crippen LogP contribution is -2.32. The van der Waals surface area contributed by atoms with E-state index in [4.69, 9.17) is 21.5 Å². The molecule has 8 heavy (non-hydrogen) atoms. The van der Waals surface area contributed by atoms with Crippen LogP contribution in [-0.2, 0) is 4.74 Å². The Kier molecular flexibility index (Phi) is 1.70. The summed E-state index contributed by atoms with van der Waals surface area (Å²) in [6, 6.07) is 0. The Balaban J connectivity index is 2.34. The molecule has 1 fully saturated rings. The first-order chi connectivity index (χ1) is 3.84. The van der Waals surface area contributed by atoms with Crippen LogP contribution in [-0.4, -0.2) is 23.6 Å². The molecule has 0 bridgehead atoms. The van der Waals surface area contributed by atoms with Crippen molar-refractivity contribution in [1.82, 2.24) is 0 Å². The zero-order chi connectivity index (χ0) is 5.98. The van der Waals surface area contributed by atoms with Gasteiger partial charge in [-0.15, -0.1) is 0 Å². The average molecular weight is 136 g/mol. The van der Waals surface area contributed by atoms with Crippen molar-refractivity contribution in [2.24, 2.45) is 11.1 Å². The Bertz CT molecular complexity index is 111. The summed E-state index contributed by atoms with van der Waals surface area (Å²) in [7, 11) is 0.